The second-order valence-corrected chi connectivity index (χ2v) is 6.91. The summed E-state index contributed by atoms with van der Waals surface area (Å²) in [6, 6.07) is 17.7. The third-order valence-corrected chi connectivity index (χ3v) is 5.15. The summed E-state index contributed by atoms with van der Waals surface area (Å²) >= 11 is 0. The van der Waals surface area contributed by atoms with Crippen molar-refractivity contribution in [2.24, 2.45) is 0 Å². The maximum absolute atomic E-state index is 12.7. The van der Waals surface area contributed by atoms with E-state index in [1.54, 1.807) is 21.3 Å². The van der Waals surface area contributed by atoms with Crippen molar-refractivity contribution < 1.29 is 19.0 Å². The number of methoxy groups -OCH3 is 3. The molecule has 5 nitrogen and oxygen atoms in total. The molecule has 3 aromatic carbocycles. The van der Waals surface area contributed by atoms with Gasteiger partial charge in [0.25, 0.3) is 0 Å². The van der Waals surface area contributed by atoms with Crippen LogP contribution in [0.15, 0.2) is 54.6 Å². The third-order valence-electron chi connectivity index (χ3n) is 5.15. The van der Waals surface area contributed by atoms with E-state index in [2.05, 4.69) is 11.4 Å². The molecule has 0 unspecified atom stereocenters. The molecule has 0 aliphatic heterocycles. The van der Waals surface area contributed by atoms with Crippen LogP contribution < -0.4 is 19.5 Å². The summed E-state index contributed by atoms with van der Waals surface area (Å²) in [4.78, 5) is 12.7. The van der Waals surface area contributed by atoms with Gasteiger partial charge in [-0.25, -0.2) is 0 Å². The number of benzene rings is 3. The molecule has 0 fully saturated rings. The summed E-state index contributed by atoms with van der Waals surface area (Å²) in [6.07, 6.45) is 0.663. The van der Waals surface area contributed by atoms with Crippen LogP contribution >= 0.6 is 0 Å². The van der Waals surface area contributed by atoms with E-state index < -0.39 is 0 Å². The highest BCUT2D eigenvalue weighted by atomic mass is 16.5. The molecule has 0 spiro atoms. The molecule has 5 heteroatoms. The van der Waals surface area contributed by atoms with Gasteiger partial charge in [0, 0.05) is 6.54 Å². The highest BCUT2D eigenvalue weighted by molar-refractivity contribution is 5.88. The topological polar surface area (TPSA) is 56.8 Å². The number of nitrogens with one attached hydrogen (secondary N) is 1. The summed E-state index contributed by atoms with van der Waals surface area (Å²) in [5, 5.41) is 5.21. The van der Waals surface area contributed by atoms with Gasteiger partial charge in [-0.2, -0.15) is 0 Å². The molecule has 0 aliphatic rings. The summed E-state index contributed by atoms with van der Waals surface area (Å²) in [6.45, 7) is 2.45. The monoisotopic (exact) mass is 393 g/mol. The Labute approximate surface area is 171 Å². The van der Waals surface area contributed by atoms with E-state index in [0.29, 0.717) is 13.0 Å². The van der Waals surface area contributed by atoms with E-state index in [1.165, 1.54) is 0 Å². The lowest BCUT2D eigenvalue weighted by molar-refractivity contribution is -0.122. The van der Waals surface area contributed by atoms with Gasteiger partial charge in [0.1, 0.15) is 17.2 Å². The molecule has 0 bridgehead atoms. The minimum atomic E-state index is -0.242. The van der Waals surface area contributed by atoms with Crippen LogP contribution in [-0.4, -0.2) is 33.8 Å². The second kappa shape index (κ2) is 9.32. The van der Waals surface area contributed by atoms with Gasteiger partial charge in [-0.3, -0.25) is 4.79 Å². The SMILES string of the molecule is COc1ccc(OC)c(CCNC(=O)[C@@H](C)c2ccc3cc(OC)ccc3c2)c1. The van der Waals surface area contributed by atoms with Gasteiger partial charge in [-0.1, -0.05) is 24.3 Å². The average molecular weight is 393 g/mol. The largest absolute Gasteiger partial charge is 0.497 e. The first-order valence-electron chi connectivity index (χ1n) is 9.62. The lowest BCUT2D eigenvalue weighted by atomic mass is 9.97. The van der Waals surface area contributed by atoms with Crippen molar-refractivity contribution in [3.63, 3.8) is 0 Å². The van der Waals surface area contributed by atoms with Crippen LogP contribution in [0.2, 0.25) is 0 Å². The Morgan fingerprint density at radius 3 is 2.24 bits per heavy atom. The number of fused-ring (bicyclic) bond motifs is 1. The summed E-state index contributed by atoms with van der Waals surface area (Å²) in [5.74, 6) is 2.14. The van der Waals surface area contributed by atoms with E-state index in [1.807, 2.05) is 55.5 Å². The Bertz CT molecular complexity index is 999. The Morgan fingerprint density at radius 2 is 1.52 bits per heavy atom. The van der Waals surface area contributed by atoms with E-state index >= 15 is 0 Å². The minimum absolute atomic E-state index is 0.000255. The molecule has 0 saturated carbocycles. The number of carbonyl (C=O) groups excluding carboxylic acids is 1. The van der Waals surface area contributed by atoms with Crippen molar-refractivity contribution in [1.82, 2.24) is 5.32 Å². The van der Waals surface area contributed by atoms with Crippen LogP contribution in [0.25, 0.3) is 10.8 Å². The first kappa shape index (κ1) is 20.5. The van der Waals surface area contributed by atoms with Crippen molar-refractivity contribution in [3.8, 4) is 17.2 Å². The third kappa shape index (κ3) is 4.80. The molecule has 152 valence electrons. The standard InChI is InChI=1S/C24H27NO4/c1-16(17-5-6-19-14-21(27-2)8-7-18(19)13-17)24(26)25-12-11-20-15-22(28-3)9-10-23(20)29-4/h5-10,13-16H,11-12H2,1-4H3,(H,25,26)/t16-/m0/s1. The van der Waals surface area contributed by atoms with E-state index in [-0.39, 0.29) is 11.8 Å². The lowest BCUT2D eigenvalue weighted by Crippen LogP contribution is -2.29. The smallest absolute Gasteiger partial charge is 0.227 e. The van der Waals surface area contributed by atoms with Crippen LogP contribution in [0.1, 0.15) is 24.0 Å². The summed E-state index contributed by atoms with van der Waals surface area (Å²) < 4.78 is 15.9. The fourth-order valence-corrected chi connectivity index (χ4v) is 3.34. The lowest BCUT2D eigenvalue weighted by Gasteiger charge is -2.15. The van der Waals surface area contributed by atoms with Gasteiger partial charge in [-0.15, -0.1) is 0 Å². The number of hydrogen-bond donors (Lipinski definition) is 1. The Balaban J connectivity index is 1.64. The fraction of sp³-hybridized carbons (Fsp3) is 0.292. The molecular weight excluding hydrogens is 366 g/mol. The van der Waals surface area contributed by atoms with Crippen LogP contribution in [0, 0.1) is 0 Å². The molecular formula is C24H27NO4. The average Bonchev–Trinajstić information content (AvgIpc) is 2.77. The zero-order valence-electron chi connectivity index (χ0n) is 17.3. The zero-order chi connectivity index (χ0) is 20.8. The predicted molar refractivity (Wildman–Crippen MR) is 115 cm³/mol. The Kier molecular flexibility index (Phi) is 6.60. The molecule has 1 atom stereocenters. The first-order valence-corrected chi connectivity index (χ1v) is 9.62. The number of carbonyl (C=O) groups is 1. The van der Waals surface area contributed by atoms with Crippen molar-refractivity contribution in [2.75, 3.05) is 27.9 Å². The van der Waals surface area contributed by atoms with Gasteiger partial charge in [0.15, 0.2) is 0 Å². The number of hydrogen-bond acceptors (Lipinski definition) is 4. The highest BCUT2D eigenvalue weighted by Gasteiger charge is 2.16. The van der Waals surface area contributed by atoms with Crippen molar-refractivity contribution in [2.45, 2.75) is 19.3 Å². The van der Waals surface area contributed by atoms with Gasteiger partial charge in [-0.05, 0) is 65.6 Å². The van der Waals surface area contributed by atoms with Crippen molar-refractivity contribution in [3.05, 3.63) is 65.7 Å². The quantitative estimate of drug-likeness (QED) is 0.619. The Hall–Kier alpha value is -3.21. The Morgan fingerprint density at radius 1 is 0.862 bits per heavy atom. The van der Waals surface area contributed by atoms with Crippen LogP contribution in [0.3, 0.4) is 0 Å². The van der Waals surface area contributed by atoms with Gasteiger partial charge in [0.05, 0.1) is 27.2 Å². The van der Waals surface area contributed by atoms with Crippen LogP contribution in [0.5, 0.6) is 17.2 Å². The molecule has 0 saturated heterocycles. The minimum Gasteiger partial charge on any atom is -0.497 e. The predicted octanol–water partition coefficient (Wildman–Crippen LogP) is 4.33. The maximum atomic E-state index is 12.7. The molecule has 1 amide bonds. The summed E-state index contributed by atoms with van der Waals surface area (Å²) in [7, 11) is 4.93. The van der Waals surface area contributed by atoms with Crippen LogP contribution in [-0.2, 0) is 11.2 Å². The molecule has 0 heterocycles. The van der Waals surface area contributed by atoms with E-state index in [4.69, 9.17) is 14.2 Å². The molecule has 0 radical (unpaired) electrons. The maximum Gasteiger partial charge on any atom is 0.227 e. The van der Waals surface area contributed by atoms with E-state index in [0.717, 1.165) is 39.1 Å². The van der Waals surface area contributed by atoms with Crippen molar-refractivity contribution >= 4 is 16.7 Å². The molecule has 29 heavy (non-hydrogen) atoms. The van der Waals surface area contributed by atoms with E-state index in [9.17, 15) is 4.79 Å². The fourth-order valence-electron chi connectivity index (χ4n) is 3.34. The van der Waals surface area contributed by atoms with Gasteiger partial charge < -0.3 is 19.5 Å². The number of rotatable bonds is 8. The normalized spacial score (nSPS) is 11.7. The van der Waals surface area contributed by atoms with Gasteiger partial charge in [0.2, 0.25) is 5.91 Å². The first-order chi connectivity index (χ1) is 14.0. The molecule has 3 aromatic rings. The van der Waals surface area contributed by atoms with Gasteiger partial charge >= 0.3 is 0 Å². The summed E-state index contributed by atoms with van der Waals surface area (Å²) in [5.41, 5.74) is 1.98. The number of amides is 1. The van der Waals surface area contributed by atoms with Crippen molar-refractivity contribution in [1.29, 1.82) is 0 Å². The zero-order valence-corrected chi connectivity index (χ0v) is 17.3. The molecule has 3 rings (SSSR count). The molecule has 0 aliphatic carbocycles. The molecule has 1 N–H and O–H groups in total. The highest BCUT2D eigenvalue weighted by Crippen LogP contribution is 2.26. The molecule has 0 aromatic heterocycles. The number of ether oxygens (including phenoxy) is 3. The van der Waals surface area contributed by atoms with Crippen LogP contribution in [0.4, 0.5) is 0 Å². The second-order valence-electron chi connectivity index (χ2n) is 6.91.